The number of rotatable bonds is 3. The molecule has 1 nitrogen and oxygen atoms in total. The second-order valence-corrected chi connectivity index (χ2v) is 3.43. The third kappa shape index (κ3) is 1.92. The zero-order valence-corrected chi connectivity index (χ0v) is 8.94. The molecule has 16 heavy (non-hydrogen) atoms. The third-order valence-electron chi connectivity index (χ3n) is 2.41. The van der Waals surface area contributed by atoms with E-state index < -0.39 is 0 Å². The van der Waals surface area contributed by atoms with E-state index in [-0.39, 0.29) is 6.61 Å². The molecule has 0 amide bonds. The Morgan fingerprint density at radius 3 is 2.56 bits per heavy atom. The standard InChI is InChI=1S/C15H12O/c1-3-9-16-15-11-14-8-6-5-7-13(14)10-12(15)4-2/h1,4-8,10-11H,2,9H2. The van der Waals surface area contributed by atoms with E-state index in [9.17, 15) is 0 Å². The van der Waals surface area contributed by atoms with Gasteiger partial charge in [-0.05, 0) is 22.9 Å². The van der Waals surface area contributed by atoms with E-state index in [4.69, 9.17) is 11.2 Å². The summed E-state index contributed by atoms with van der Waals surface area (Å²) < 4.78 is 5.48. The number of hydrogen-bond donors (Lipinski definition) is 0. The minimum Gasteiger partial charge on any atom is -0.480 e. The van der Waals surface area contributed by atoms with Gasteiger partial charge in [0.25, 0.3) is 0 Å². The molecule has 0 aromatic heterocycles. The van der Waals surface area contributed by atoms with Crippen LogP contribution < -0.4 is 4.74 Å². The van der Waals surface area contributed by atoms with Crippen molar-refractivity contribution in [1.82, 2.24) is 0 Å². The summed E-state index contributed by atoms with van der Waals surface area (Å²) in [5.41, 5.74) is 0.967. The molecule has 2 rings (SSSR count). The summed E-state index contributed by atoms with van der Waals surface area (Å²) in [4.78, 5) is 0. The molecular formula is C15H12O. The van der Waals surface area contributed by atoms with Crippen LogP contribution in [0.2, 0.25) is 0 Å². The topological polar surface area (TPSA) is 9.23 Å². The van der Waals surface area contributed by atoms with Crippen molar-refractivity contribution in [2.75, 3.05) is 6.61 Å². The monoisotopic (exact) mass is 208 g/mol. The lowest BCUT2D eigenvalue weighted by Crippen LogP contribution is -1.95. The molecule has 0 aliphatic carbocycles. The highest BCUT2D eigenvalue weighted by atomic mass is 16.5. The molecular weight excluding hydrogens is 196 g/mol. The molecule has 0 fully saturated rings. The fourth-order valence-corrected chi connectivity index (χ4v) is 1.64. The maximum Gasteiger partial charge on any atom is 0.148 e. The largest absolute Gasteiger partial charge is 0.480 e. The van der Waals surface area contributed by atoms with Gasteiger partial charge in [-0.25, -0.2) is 0 Å². The van der Waals surface area contributed by atoms with Crippen molar-refractivity contribution in [3.05, 3.63) is 48.5 Å². The Morgan fingerprint density at radius 2 is 1.94 bits per heavy atom. The van der Waals surface area contributed by atoms with Crippen molar-refractivity contribution in [3.63, 3.8) is 0 Å². The van der Waals surface area contributed by atoms with Gasteiger partial charge in [0, 0.05) is 5.56 Å². The number of terminal acetylenes is 1. The number of fused-ring (bicyclic) bond motifs is 1. The van der Waals surface area contributed by atoms with E-state index in [2.05, 4.69) is 18.6 Å². The normalized spacial score (nSPS) is 9.69. The predicted octanol–water partition coefficient (Wildman–Crippen LogP) is 3.49. The van der Waals surface area contributed by atoms with Crippen molar-refractivity contribution < 1.29 is 4.74 Å². The fraction of sp³-hybridized carbons (Fsp3) is 0.0667. The van der Waals surface area contributed by atoms with Crippen molar-refractivity contribution in [1.29, 1.82) is 0 Å². The molecule has 0 radical (unpaired) electrons. The van der Waals surface area contributed by atoms with Gasteiger partial charge in [-0.1, -0.05) is 42.8 Å². The first-order valence-corrected chi connectivity index (χ1v) is 5.06. The van der Waals surface area contributed by atoms with Crippen LogP contribution in [0.1, 0.15) is 5.56 Å². The van der Waals surface area contributed by atoms with Gasteiger partial charge in [0.1, 0.15) is 12.4 Å². The van der Waals surface area contributed by atoms with Crippen LogP contribution in [0.4, 0.5) is 0 Å². The Balaban J connectivity index is 2.54. The van der Waals surface area contributed by atoms with E-state index in [1.165, 1.54) is 5.39 Å². The highest BCUT2D eigenvalue weighted by molar-refractivity contribution is 5.87. The SMILES string of the molecule is C#CCOc1cc2ccccc2cc1C=C. The summed E-state index contributed by atoms with van der Waals surface area (Å²) in [5, 5.41) is 2.31. The Bertz CT molecular complexity index is 561. The molecule has 0 heterocycles. The lowest BCUT2D eigenvalue weighted by Gasteiger charge is -2.08. The summed E-state index contributed by atoms with van der Waals surface area (Å²) in [5.74, 6) is 3.24. The third-order valence-corrected chi connectivity index (χ3v) is 2.41. The quantitative estimate of drug-likeness (QED) is 0.701. The molecule has 2 aromatic carbocycles. The van der Waals surface area contributed by atoms with E-state index in [1.54, 1.807) is 6.08 Å². The van der Waals surface area contributed by atoms with Gasteiger partial charge in [0.05, 0.1) is 0 Å². The van der Waals surface area contributed by atoms with E-state index in [0.29, 0.717) is 0 Å². The van der Waals surface area contributed by atoms with Crippen LogP contribution in [0.3, 0.4) is 0 Å². The molecule has 0 unspecified atom stereocenters. The van der Waals surface area contributed by atoms with Crippen LogP contribution in [-0.4, -0.2) is 6.61 Å². The van der Waals surface area contributed by atoms with Gasteiger partial charge >= 0.3 is 0 Å². The Morgan fingerprint density at radius 1 is 1.25 bits per heavy atom. The highest BCUT2D eigenvalue weighted by Crippen LogP contribution is 2.26. The zero-order valence-electron chi connectivity index (χ0n) is 8.94. The molecule has 0 aliphatic heterocycles. The molecule has 0 spiro atoms. The molecule has 78 valence electrons. The van der Waals surface area contributed by atoms with Gasteiger partial charge < -0.3 is 4.74 Å². The first kappa shape index (κ1) is 10.3. The number of ether oxygens (including phenoxy) is 1. The van der Waals surface area contributed by atoms with Crippen LogP contribution in [0.15, 0.2) is 43.0 Å². The van der Waals surface area contributed by atoms with Gasteiger partial charge in [0.2, 0.25) is 0 Å². The molecule has 0 bridgehead atoms. The molecule has 0 aliphatic rings. The Labute approximate surface area is 95.4 Å². The van der Waals surface area contributed by atoms with Crippen LogP contribution in [-0.2, 0) is 0 Å². The minimum atomic E-state index is 0.277. The van der Waals surface area contributed by atoms with E-state index in [0.717, 1.165) is 16.7 Å². The summed E-state index contributed by atoms with van der Waals surface area (Å²) >= 11 is 0. The summed E-state index contributed by atoms with van der Waals surface area (Å²) in [7, 11) is 0. The van der Waals surface area contributed by atoms with Crippen molar-refractivity contribution in [2.45, 2.75) is 0 Å². The van der Waals surface area contributed by atoms with Gasteiger partial charge in [-0.3, -0.25) is 0 Å². The average molecular weight is 208 g/mol. The van der Waals surface area contributed by atoms with Crippen molar-refractivity contribution >= 4 is 16.8 Å². The summed E-state index contributed by atoms with van der Waals surface area (Å²) in [6, 6.07) is 12.2. The van der Waals surface area contributed by atoms with Crippen LogP contribution >= 0.6 is 0 Å². The maximum atomic E-state index is 5.48. The second-order valence-electron chi connectivity index (χ2n) is 3.43. The lowest BCUT2D eigenvalue weighted by molar-refractivity contribution is 0.370. The zero-order chi connectivity index (χ0) is 11.4. The fourth-order valence-electron chi connectivity index (χ4n) is 1.64. The molecule has 0 N–H and O–H groups in total. The van der Waals surface area contributed by atoms with Crippen molar-refractivity contribution in [3.8, 4) is 18.1 Å². The average Bonchev–Trinajstić information content (AvgIpc) is 2.35. The summed E-state index contributed by atoms with van der Waals surface area (Å²) in [6.45, 7) is 4.05. The van der Waals surface area contributed by atoms with E-state index in [1.807, 2.05) is 30.3 Å². The maximum absolute atomic E-state index is 5.48. The van der Waals surface area contributed by atoms with Crippen LogP contribution in [0.5, 0.6) is 5.75 Å². The van der Waals surface area contributed by atoms with E-state index >= 15 is 0 Å². The molecule has 2 aromatic rings. The van der Waals surface area contributed by atoms with Crippen molar-refractivity contribution in [2.24, 2.45) is 0 Å². The number of hydrogen-bond acceptors (Lipinski definition) is 1. The Hall–Kier alpha value is -2.20. The van der Waals surface area contributed by atoms with Gasteiger partial charge in [-0.15, -0.1) is 6.42 Å². The molecule has 0 atom stereocenters. The predicted molar refractivity (Wildman–Crippen MR) is 68.4 cm³/mol. The van der Waals surface area contributed by atoms with Crippen LogP contribution in [0.25, 0.3) is 16.8 Å². The first-order chi connectivity index (χ1) is 7.85. The lowest BCUT2D eigenvalue weighted by atomic mass is 10.1. The molecule has 0 saturated heterocycles. The molecule has 0 saturated carbocycles. The second kappa shape index (κ2) is 4.55. The molecule has 1 heteroatoms. The van der Waals surface area contributed by atoms with Crippen LogP contribution in [0, 0.1) is 12.3 Å². The highest BCUT2D eigenvalue weighted by Gasteiger charge is 2.02. The minimum absolute atomic E-state index is 0.277. The number of benzene rings is 2. The first-order valence-electron chi connectivity index (χ1n) is 5.06. The Kier molecular flexibility index (Phi) is 2.93. The summed E-state index contributed by atoms with van der Waals surface area (Å²) in [6.07, 6.45) is 6.96. The smallest absolute Gasteiger partial charge is 0.148 e. The van der Waals surface area contributed by atoms with Gasteiger partial charge in [-0.2, -0.15) is 0 Å². The van der Waals surface area contributed by atoms with Gasteiger partial charge in [0.15, 0.2) is 0 Å².